The lowest BCUT2D eigenvalue weighted by atomic mass is 10.3. The predicted octanol–water partition coefficient (Wildman–Crippen LogP) is 3.57. The number of para-hydroxylation sites is 2. The van der Waals surface area contributed by atoms with Gasteiger partial charge in [0, 0.05) is 12.4 Å². The fraction of sp³-hybridized carbons (Fsp3) is 0.0769. The van der Waals surface area contributed by atoms with Gasteiger partial charge in [0.1, 0.15) is 5.75 Å². The van der Waals surface area contributed by atoms with Crippen LogP contribution in [-0.2, 0) is 0 Å². The fourth-order valence-electron chi connectivity index (χ4n) is 1.40. The molecule has 0 aliphatic carbocycles. The Morgan fingerprint density at radius 3 is 2.68 bits per heavy atom. The Kier molecular flexibility index (Phi) is 4.52. The molecular weight excluding hydrogens is 260 g/mol. The van der Waals surface area contributed by atoms with Crippen molar-refractivity contribution in [2.75, 3.05) is 12.4 Å². The maximum atomic E-state index is 5.21. The van der Waals surface area contributed by atoms with Crippen LogP contribution in [-0.4, -0.2) is 17.2 Å². The highest BCUT2D eigenvalue weighted by Crippen LogP contribution is 2.23. The van der Waals surface area contributed by atoms with E-state index in [1.165, 1.54) is 0 Å². The number of nitrogens with one attached hydrogen (secondary N) is 1. The first-order valence-corrected chi connectivity index (χ1v) is 5.96. The lowest BCUT2D eigenvalue weighted by molar-refractivity contribution is 0.417. The zero-order valence-electron chi connectivity index (χ0n) is 10.3. The Labute approximate surface area is 116 Å². The summed E-state index contributed by atoms with van der Waals surface area (Å²) in [6.07, 6.45) is 3.29. The largest absolute Gasteiger partial charge is 0.495 e. The molecule has 0 aliphatic rings. The maximum absolute atomic E-state index is 5.21. The van der Waals surface area contributed by atoms with Crippen LogP contribution >= 0.6 is 12.2 Å². The molecule has 0 atom stereocenters. The number of hydrogen-bond donors (Lipinski definition) is 1. The number of benzene rings is 1. The van der Waals surface area contributed by atoms with Crippen LogP contribution in [0.5, 0.6) is 5.75 Å². The second-order valence-corrected chi connectivity index (χ2v) is 3.92. The Bertz CT molecular complexity index is 586. The molecule has 0 aliphatic heterocycles. The van der Waals surface area contributed by atoms with E-state index < -0.39 is 0 Å². The Balaban J connectivity index is 2.04. The second kappa shape index (κ2) is 6.55. The Morgan fingerprint density at radius 1 is 1.21 bits per heavy atom. The first-order valence-electron chi connectivity index (χ1n) is 5.55. The molecule has 5 nitrogen and oxygen atoms in total. The third-order valence-electron chi connectivity index (χ3n) is 2.27. The van der Waals surface area contributed by atoms with Crippen molar-refractivity contribution in [1.82, 2.24) is 4.98 Å². The van der Waals surface area contributed by atoms with Crippen molar-refractivity contribution in [2.45, 2.75) is 0 Å². The highest BCUT2D eigenvalue weighted by molar-refractivity contribution is 7.80. The number of azo groups is 1. The molecule has 0 radical (unpaired) electrons. The van der Waals surface area contributed by atoms with Gasteiger partial charge in [0.15, 0.2) is 0 Å². The van der Waals surface area contributed by atoms with Crippen molar-refractivity contribution >= 4 is 28.7 Å². The van der Waals surface area contributed by atoms with Gasteiger partial charge < -0.3 is 10.1 Å². The normalized spacial score (nSPS) is 10.4. The maximum Gasteiger partial charge on any atom is 0.218 e. The number of ether oxygens (including phenoxy) is 1. The number of hydrogen-bond acceptors (Lipinski definition) is 4. The molecule has 1 aromatic carbocycles. The van der Waals surface area contributed by atoms with Gasteiger partial charge in [0.25, 0.3) is 0 Å². The summed E-state index contributed by atoms with van der Waals surface area (Å²) in [4.78, 5) is 3.90. The molecule has 6 heteroatoms. The molecule has 96 valence electrons. The highest BCUT2D eigenvalue weighted by atomic mass is 32.1. The van der Waals surface area contributed by atoms with Crippen molar-refractivity contribution in [3.05, 3.63) is 48.8 Å². The standard InChI is InChI=1S/C13H12N4OS/c1-18-12-5-3-2-4-11(12)15-13(19)17-16-10-6-8-14-9-7-10/h2-9H,1H3,(H,15,19). The summed E-state index contributed by atoms with van der Waals surface area (Å²) in [6, 6.07) is 10.9. The predicted molar refractivity (Wildman–Crippen MR) is 78.0 cm³/mol. The monoisotopic (exact) mass is 272 g/mol. The molecule has 0 amide bonds. The van der Waals surface area contributed by atoms with Crippen LogP contribution < -0.4 is 10.1 Å². The summed E-state index contributed by atoms with van der Waals surface area (Å²) in [5, 5.41) is 11.2. The van der Waals surface area contributed by atoms with Gasteiger partial charge in [0.2, 0.25) is 5.11 Å². The molecule has 1 heterocycles. The van der Waals surface area contributed by atoms with Crippen LogP contribution in [0.2, 0.25) is 0 Å². The molecule has 0 bridgehead atoms. The SMILES string of the molecule is COc1ccccc1NC(=S)N=Nc1ccncc1. The first-order chi connectivity index (χ1) is 9.29. The average Bonchev–Trinajstić information content (AvgIpc) is 2.47. The minimum Gasteiger partial charge on any atom is -0.495 e. The third kappa shape index (κ3) is 3.82. The molecular formula is C13H12N4OS. The molecule has 2 aromatic rings. The van der Waals surface area contributed by atoms with E-state index in [-0.39, 0.29) is 5.11 Å². The number of pyridine rings is 1. The quantitative estimate of drug-likeness (QED) is 0.685. The summed E-state index contributed by atoms with van der Waals surface area (Å²) in [5.74, 6) is 0.698. The van der Waals surface area contributed by atoms with Gasteiger partial charge in [-0.1, -0.05) is 12.1 Å². The minimum absolute atomic E-state index is 0.265. The van der Waals surface area contributed by atoms with Gasteiger partial charge in [-0.2, -0.15) is 0 Å². The van der Waals surface area contributed by atoms with Gasteiger partial charge in [-0.05, 0) is 36.5 Å². The van der Waals surface area contributed by atoms with Gasteiger partial charge in [-0.15, -0.1) is 10.2 Å². The molecule has 19 heavy (non-hydrogen) atoms. The van der Waals surface area contributed by atoms with E-state index in [0.29, 0.717) is 11.4 Å². The zero-order chi connectivity index (χ0) is 13.5. The topological polar surface area (TPSA) is 58.9 Å². The molecule has 0 saturated carbocycles. The highest BCUT2D eigenvalue weighted by Gasteiger charge is 2.02. The number of rotatable bonds is 3. The van der Waals surface area contributed by atoms with Gasteiger partial charge >= 0.3 is 0 Å². The summed E-state index contributed by atoms with van der Waals surface area (Å²) in [6.45, 7) is 0. The molecule has 1 aromatic heterocycles. The van der Waals surface area contributed by atoms with Crippen LogP contribution in [0.25, 0.3) is 0 Å². The smallest absolute Gasteiger partial charge is 0.218 e. The van der Waals surface area contributed by atoms with Crippen LogP contribution in [0.1, 0.15) is 0 Å². The van der Waals surface area contributed by atoms with Crippen LogP contribution in [0.3, 0.4) is 0 Å². The van der Waals surface area contributed by atoms with Crippen LogP contribution in [0.4, 0.5) is 11.4 Å². The second-order valence-electron chi connectivity index (χ2n) is 3.54. The van der Waals surface area contributed by atoms with E-state index >= 15 is 0 Å². The molecule has 0 fully saturated rings. The van der Waals surface area contributed by atoms with Crippen molar-refractivity contribution in [2.24, 2.45) is 10.2 Å². The summed E-state index contributed by atoms with van der Waals surface area (Å²) < 4.78 is 5.21. The van der Waals surface area contributed by atoms with Crippen LogP contribution in [0.15, 0.2) is 59.0 Å². The van der Waals surface area contributed by atoms with Crippen molar-refractivity contribution in [3.63, 3.8) is 0 Å². The van der Waals surface area contributed by atoms with Gasteiger partial charge in [-0.25, -0.2) is 0 Å². The fourth-order valence-corrected chi connectivity index (χ4v) is 1.55. The summed E-state index contributed by atoms with van der Waals surface area (Å²) in [5.41, 5.74) is 1.45. The van der Waals surface area contributed by atoms with Crippen molar-refractivity contribution in [3.8, 4) is 5.75 Å². The number of nitrogens with zero attached hydrogens (tertiary/aromatic N) is 3. The minimum atomic E-state index is 0.265. The summed E-state index contributed by atoms with van der Waals surface area (Å²) in [7, 11) is 1.60. The average molecular weight is 272 g/mol. The Morgan fingerprint density at radius 2 is 1.95 bits per heavy atom. The van der Waals surface area contributed by atoms with Crippen LogP contribution in [0, 0.1) is 0 Å². The van der Waals surface area contributed by atoms with Gasteiger partial charge in [-0.3, -0.25) is 4.98 Å². The van der Waals surface area contributed by atoms with E-state index in [1.807, 2.05) is 24.3 Å². The molecule has 0 unspecified atom stereocenters. The molecule has 0 saturated heterocycles. The van der Waals surface area contributed by atoms with E-state index in [4.69, 9.17) is 17.0 Å². The number of anilines is 1. The van der Waals surface area contributed by atoms with Crippen molar-refractivity contribution < 1.29 is 4.74 Å². The Hall–Kier alpha value is -2.34. The lowest BCUT2D eigenvalue weighted by Crippen LogP contribution is -2.06. The third-order valence-corrected chi connectivity index (χ3v) is 2.45. The molecule has 0 spiro atoms. The molecule has 2 rings (SSSR count). The summed E-state index contributed by atoms with van der Waals surface area (Å²) >= 11 is 5.10. The molecule has 1 N–H and O–H groups in total. The van der Waals surface area contributed by atoms with Crippen molar-refractivity contribution in [1.29, 1.82) is 0 Å². The number of aromatic nitrogens is 1. The number of methoxy groups -OCH3 is 1. The first kappa shape index (κ1) is 13.1. The number of thiocarbonyl (C=S) groups is 1. The van der Waals surface area contributed by atoms with E-state index in [9.17, 15) is 0 Å². The van der Waals surface area contributed by atoms with E-state index in [0.717, 1.165) is 5.69 Å². The van der Waals surface area contributed by atoms with Gasteiger partial charge in [0.05, 0.1) is 18.5 Å². The van der Waals surface area contributed by atoms with E-state index in [2.05, 4.69) is 20.5 Å². The zero-order valence-corrected chi connectivity index (χ0v) is 11.1. The van der Waals surface area contributed by atoms with E-state index in [1.54, 1.807) is 31.6 Å². The lowest BCUT2D eigenvalue weighted by Gasteiger charge is -2.08.